The van der Waals surface area contributed by atoms with E-state index in [4.69, 9.17) is 17.3 Å². The van der Waals surface area contributed by atoms with E-state index in [1.807, 2.05) is 25.1 Å². The number of alkyl halides is 3. The second-order valence-corrected chi connectivity index (χ2v) is 8.74. The summed E-state index contributed by atoms with van der Waals surface area (Å²) in [5.41, 5.74) is 7.21. The summed E-state index contributed by atoms with van der Waals surface area (Å²) in [5.74, 6) is -0.498. The van der Waals surface area contributed by atoms with Crippen molar-refractivity contribution in [3.63, 3.8) is 0 Å². The number of hydrogen-bond acceptors (Lipinski definition) is 4. The summed E-state index contributed by atoms with van der Waals surface area (Å²) in [6.07, 6.45) is -0.487. The standard InChI is InChI=1S/C20H25ClF3N5.2ClH/c1-13-9-17-26-27-18(20(22,23)24)29(17)12-28(13)16-5-7-19(11-25,8-6-16)14-3-2-4-15(21)10-14;;/h2-4,10,13,16H,5-9,11-12,25H2,1H3;2*1H/t13?,16-,19-;;. The van der Waals surface area contributed by atoms with E-state index in [1.165, 1.54) is 4.57 Å². The van der Waals surface area contributed by atoms with E-state index in [0.29, 0.717) is 23.8 Å². The third-order valence-electron chi connectivity index (χ3n) is 6.64. The van der Waals surface area contributed by atoms with Crippen molar-refractivity contribution < 1.29 is 13.2 Å². The van der Waals surface area contributed by atoms with Crippen LogP contribution in [0.1, 0.15) is 49.8 Å². The molecule has 1 aromatic carbocycles. The lowest BCUT2D eigenvalue weighted by Crippen LogP contribution is -2.51. The zero-order valence-electron chi connectivity index (χ0n) is 17.1. The molecule has 1 aromatic heterocycles. The molecule has 1 fully saturated rings. The number of hydrogen-bond donors (Lipinski definition) is 1. The Hall–Kier alpha value is -1.06. The van der Waals surface area contributed by atoms with E-state index in [9.17, 15) is 13.2 Å². The van der Waals surface area contributed by atoms with Crippen molar-refractivity contribution in [2.45, 2.75) is 69.4 Å². The molecule has 0 spiro atoms. The van der Waals surface area contributed by atoms with Crippen LogP contribution in [0.15, 0.2) is 24.3 Å². The van der Waals surface area contributed by atoms with E-state index in [0.717, 1.165) is 31.2 Å². The molecule has 2 N–H and O–H groups in total. The second kappa shape index (κ2) is 9.83. The first-order valence-corrected chi connectivity index (χ1v) is 10.3. The highest BCUT2D eigenvalue weighted by Gasteiger charge is 2.43. The van der Waals surface area contributed by atoms with Crippen molar-refractivity contribution in [3.8, 4) is 0 Å². The topological polar surface area (TPSA) is 60.0 Å². The van der Waals surface area contributed by atoms with Crippen molar-refractivity contribution in [2.24, 2.45) is 5.73 Å². The van der Waals surface area contributed by atoms with Gasteiger partial charge in [0.2, 0.25) is 5.82 Å². The Labute approximate surface area is 197 Å². The van der Waals surface area contributed by atoms with Crippen LogP contribution in [0, 0.1) is 0 Å². The molecule has 4 rings (SSSR count). The molecule has 0 radical (unpaired) electrons. The Morgan fingerprint density at radius 3 is 2.45 bits per heavy atom. The van der Waals surface area contributed by atoms with Gasteiger partial charge in [-0.05, 0) is 50.3 Å². The van der Waals surface area contributed by atoms with Crippen LogP contribution in [-0.2, 0) is 24.7 Å². The number of benzene rings is 1. The van der Waals surface area contributed by atoms with Crippen LogP contribution in [0.4, 0.5) is 13.2 Å². The molecule has 5 nitrogen and oxygen atoms in total. The van der Waals surface area contributed by atoms with Crippen LogP contribution in [-0.4, -0.2) is 38.3 Å². The summed E-state index contributed by atoms with van der Waals surface area (Å²) in [4.78, 5) is 2.17. The summed E-state index contributed by atoms with van der Waals surface area (Å²) >= 11 is 6.19. The molecule has 2 aliphatic rings. The van der Waals surface area contributed by atoms with Crippen LogP contribution < -0.4 is 5.73 Å². The quantitative estimate of drug-likeness (QED) is 0.655. The second-order valence-electron chi connectivity index (χ2n) is 8.30. The fourth-order valence-electron chi connectivity index (χ4n) is 4.92. The lowest BCUT2D eigenvalue weighted by molar-refractivity contribution is -0.149. The Morgan fingerprint density at radius 1 is 1.19 bits per heavy atom. The maximum absolute atomic E-state index is 13.3. The summed E-state index contributed by atoms with van der Waals surface area (Å²) in [6, 6.07) is 8.18. The first-order chi connectivity index (χ1) is 13.7. The molecule has 1 unspecified atom stereocenters. The van der Waals surface area contributed by atoms with E-state index >= 15 is 0 Å². The predicted octanol–water partition coefficient (Wildman–Crippen LogP) is 4.84. The van der Waals surface area contributed by atoms with Crippen LogP contribution in [0.3, 0.4) is 0 Å². The Balaban J connectivity index is 0.00000171. The van der Waals surface area contributed by atoms with Crippen molar-refractivity contribution in [2.75, 3.05) is 6.54 Å². The Kier molecular flexibility index (Phi) is 8.31. The number of nitrogens with two attached hydrogens (primary N) is 1. The summed E-state index contributed by atoms with van der Waals surface area (Å²) in [6.45, 7) is 2.76. The third-order valence-corrected chi connectivity index (χ3v) is 6.87. The Bertz CT molecular complexity index is 881. The average Bonchev–Trinajstić information content (AvgIpc) is 3.10. The largest absolute Gasteiger partial charge is 0.451 e. The van der Waals surface area contributed by atoms with Crippen LogP contribution in [0.25, 0.3) is 0 Å². The number of nitrogens with zero attached hydrogens (tertiary/aromatic N) is 4. The van der Waals surface area contributed by atoms with Crippen molar-refractivity contribution in [3.05, 3.63) is 46.5 Å². The van der Waals surface area contributed by atoms with Crippen LogP contribution in [0.5, 0.6) is 0 Å². The first kappa shape index (κ1) is 26.2. The zero-order valence-corrected chi connectivity index (χ0v) is 19.5. The Morgan fingerprint density at radius 2 is 1.87 bits per heavy atom. The van der Waals surface area contributed by atoms with Gasteiger partial charge in [0.15, 0.2) is 0 Å². The molecule has 1 aliphatic carbocycles. The lowest BCUT2D eigenvalue weighted by atomic mass is 9.68. The van der Waals surface area contributed by atoms with Crippen molar-refractivity contribution in [1.29, 1.82) is 0 Å². The normalized spacial score (nSPS) is 26.5. The number of aromatic nitrogens is 3. The SMILES string of the molecule is CC1Cc2nnc(C(F)(F)F)n2CN1[C@H]1CC[C@](CN)(c2cccc(Cl)c2)CC1.Cl.Cl. The highest BCUT2D eigenvalue weighted by Crippen LogP contribution is 2.42. The average molecular weight is 501 g/mol. The van der Waals surface area contributed by atoms with E-state index in [2.05, 4.69) is 21.2 Å². The van der Waals surface area contributed by atoms with Gasteiger partial charge in [-0.25, -0.2) is 0 Å². The highest BCUT2D eigenvalue weighted by molar-refractivity contribution is 6.30. The lowest BCUT2D eigenvalue weighted by Gasteiger charge is -2.46. The van der Waals surface area contributed by atoms with Crippen LogP contribution >= 0.6 is 36.4 Å². The first-order valence-electron chi connectivity index (χ1n) is 9.95. The van der Waals surface area contributed by atoms with Gasteiger partial charge in [0.1, 0.15) is 5.82 Å². The van der Waals surface area contributed by atoms with Gasteiger partial charge in [0, 0.05) is 35.5 Å². The van der Waals surface area contributed by atoms with Gasteiger partial charge in [0.05, 0.1) is 6.67 Å². The van der Waals surface area contributed by atoms with E-state index in [-0.39, 0.29) is 49.0 Å². The molecule has 2 heterocycles. The molecule has 11 heteroatoms. The van der Waals surface area contributed by atoms with E-state index < -0.39 is 12.0 Å². The van der Waals surface area contributed by atoms with Crippen LogP contribution in [0.2, 0.25) is 5.02 Å². The molecule has 0 amide bonds. The molecular formula is C20H27Cl3F3N5. The number of halogens is 6. The predicted molar refractivity (Wildman–Crippen MR) is 119 cm³/mol. The fraction of sp³-hybridized carbons (Fsp3) is 0.600. The maximum Gasteiger partial charge on any atom is 0.451 e. The van der Waals surface area contributed by atoms with Crippen molar-refractivity contribution >= 4 is 36.4 Å². The van der Waals surface area contributed by atoms with Gasteiger partial charge >= 0.3 is 6.18 Å². The minimum absolute atomic E-state index is 0. The molecular weight excluding hydrogens is 474 g/mol. The minimum Gasteiger partial charge on any atom is -0.330 e. The summed E-state index contributed by atoms with van der Waals surface area (Å²) in [5, 5.41) is 7.87. The van der Waals surface area contributed by atoms with Gasteiger partial charge in [-0.2, -0.15) is 13.2 Å². The molecule has 1 aliphatic heterocycles. The summed E-state index contributed by atoms with van der Waals surface area (Å²) in [7, 11) is 0. The van der Waals surface area contributed by atoms with Gasteiger partial charge in [-0.1, -0.05) is 23.7 Å². The molecule has 0 saturated heterocycles. The van der Waals surface area contributed by atoms with E-state index in [1.54, 1.807) is 0 Å². The minimum atomic E-state index is -4.49. The fourth-order valence-corrected chi connectivity index (χ4v) is 5.11. The smallest absolute Gasteiger partial charge is 0.330 e. The van der Waals surface area contributed by atoms with Gasteiger partial charge in [-0.15, -0.1) is 35.0 Å². The van der Waals surface area contributed by atoms with Gasteiger partial charge in [-0.3, -0.25) is 9.47 Å². The zero-order chi connectivity index (χ0) is 20.8. The highest BCUT2D eigenvalue weighted by atomic mass is 35.5. The van der Waals surface area contributed by atoms with Gasteiger partial charge in [0.25, 0.3) is 0 Å². The molecule has 174 valence electrons. The molecule has 0 bridgehead atoms. The number of rotatable bonds is 3. The third kappa shape index (κ3) is 4.98. The molecule has 31 heavy (non-hydrogen) atoms. The van der Waals surface area contributed by atoms with Crippen molar-refractivity contribution in [1.82, 2.24) is 19.7 Å². The summed E-state index contributed by atoms with van der Waals surface area (Å²) < 4.78 is 41.1. The molecule has 1 atom stereocenters. The van der Waals surface area contributed by atoms with Gasteiger partial charge < -0.3 is 5.73 Å². The molecule has 1 saturated carbocycles. The number of fused-ring (bicyclic) bond motifs is 1. The maximum atomic E-state index is 13.3. The molecule has 2 aromatic rings. The monoisotopic (exact) mass is 499 g/mol.